The fourth-order valence-corrected chi connectivity index (χ4v) is 1.49. The lowest BCUT2D eigenvalue weighted by Gasteiger charge is -2.20. The van der Waals surface area contributed by atoms with E-state index in [1.807, 2.05) is 0 Å². The highest BCUT2D eigenvalue weighted by atomic mass is 16.5. The summed E-state index contributed by atoms with van der Waals surface area (Å²) in [6.45, 7) is -8.28. The molecule has 0 bridgehead atoms. The van der Waals surface area contributed by atoms with E-state index in [1.54, 1.807) is 18.2 Å². The van der Waals surface area contributed by atoms with Crippen molar-refractivity contribution in [1.82, 2.24) is 14.7 Å². The van der Waals surface area contributed by atoms with Crippen LogP contribution in [0.3, 0.4) is 0 Å². The van der Waals surface area contributed by atoms with E-state index in [2.05, 4.69) is 5.10 Å². The number of aromatic nitrogens is 2. The Labute approximate surface area is 125 Å². The first-order valence-corrected chi connectivity index (χ1v) is 5.71. The van der Waals surface area contributed by atoms with Crippen LogP contribution in [-0.2, 0) is 11.7 Å². The Bertz CT molecular complexity index is 775. The fraction of sp³-hybridized carbons (Fsp3) is 0.400. The molecule has 0 aliphatic heterocycles. The molecule has 1 unspecified atom stereocenters. The molecule has 4 nitrogen and oxygen atoms in total. The van der Waals surface area contributed by atoms with E-state index in [0.717, 1.165) is 4.90 Å². The quantitative estimate of drug-likeness (QED) is 0.803. The molecule has 0 aliphatic carbocycles. The van der Waals surface area contributed by atoms with Crippen LogP contribution in [0.1, 0.15) is 28.3 Å². The summed E-state index contributed by atoms with van der Waals surface area (Å²) in [5, 5.41) is 3.73. The SMILES string of the molecule is [2H]C(OC([2H])([2H])C([2H])([2H])N(C)C)(c1ccccc1)c1ccnn1C([2H])([2H])[2H]. The predicted octanol–water partition coefficient (Wildman–Crippen LogP) is 2.09. The number of hydrogen-bond acceptors (Lipinski definition) is 3. The van der Waals surface area contributed by atoms with Crippen LogP contribution in [0, 0.1) is 0 Å². The van der Waals surface area contributed by atoms with E-state index in [4.69, 9.17) is 15.7 Å². The van der Waals surface area contributed by atoms with Crippen LogP contribution in [0.2, 0.25) is 0 Å². The van der Waals surface area contributed by atoms with Crippen molar-refractivity contribution in [1.29, 1.82) is 0 Å². The third kappa shape index (κ3) is 3.66. The minimum Gasteiger partial charge on any atom is -0.366 e. The first-order valence-electron chi connectivity index (χ1n) is 9.71. The first-order chi connectivity index (χ1) is 12.2. The molecule has 19 heavy (non-hydrogen) atoms. The smallest absolute Gasteiger partial charge is 0.124 e. The molecule has 0 radical (unpaired) electrons. The van der Waals surface area contributed by atoms with E-state index in [-0.39, 0.29) is 11.3 Å². The van der Waals surface area contributed by atoms with Gasteiger partial charge in [0.05, 0.1) is 16.4 Å². The molecule has 1 heterocycles. The summed E-state index contributed by atoms with van der Waals surface area (Å²) in [5.74, 6) is 0. The summed E-state index contributed by atoms with van der Waals surface area (Å²) >= 11 is 0. The summed E-state index contributed by atoms with van der Waals surface area (Å²) < 4.78 is 70.0. The van der Waals surface area contributed by atoms with Crippen molar-refractivity contribution in [2.75, 3.05) is 27.2 Å². The minimum atomic E-state index is -2.96. The topological polar surface area (TPSA) is 30.3 Å². The monoisotopic (exact) mass is 267 g/mol. The molecule has 0 amide bonds. The van der Waals surface area contributed by atoms with Crippen molar-refractivity contribution < 1.29 is 15.7 Å². The number of benzene rings is 1. The highest BCUT2D eigenvalue weighted by Gasteiger charge is 2.17. The predicted molar refractivity (Wildman–Crippen MR) is 76.0 cm³/mol. The zero-order valence-corrected chi connectivity index (χ0v) is 10.8. The van der Waals surface area contributed by atoms with Gasteiger partial charge in [0, 0.05) is 26.5 Å². The Morgan fingerprint density at radius 3 is 2.89 bits per heavy atom. The van der Waals surface area contributed by atoms with Crippen molar-refractivity contribution in [2.45, 2.75) is 6.08 Å². The second-order valence-electron chi connectivity index (χ2n) is 4.03. The largest absolute Gasteiger partial charge is 0.366 e. The molecule has 1 atom stereocenters. The van der Waals surface area contributed by atoms with E-state index in [0.29, 0.717) is 4.68 Å². The third-order valence-corrected chi connectivity index (χ3v) is 2.33. The highest BCUT2D eigenvalue weighted by molar-refractivity contribution is 5.25. The Morgan fingerprint density at radius 2 is 2.21 bits per heavy atom. The van der Waals surface area contributed by atoms with Crippen LogP contribution in [0.5, 0.6) is 0 Å². The summed E-state index contributed by atoms with van der Waals surface area (Å²) in [7, 11) is 2.67. The summed E-state index contributed by atoms with van der Waals surface area (Å²) in [6, 6.07) is 9.06. The van der Waals surface area contributed by atoms with Gasteiger partial charge < -0.3 is 9.64 Å². The summed E-state index contributed by atoms with van der Waals surface area (Å²) in [5.41, 5.74) is -0.110. The summed E-state index contributed by atoms with van der Waals surface area (Å²) in [4.78, 5) is 0.986. The van der Waals surface area contributed by atoms with Gasteiger partial charge in [-0.15, -0.1) is 0 Å². The molecule has 0 saturated carbocycles. The maximum atomic E-state index is 8.86. The molecule has 1 aromatic carbocycles. The molecule has 0 N–H and O–H groups in total. The lowest BCUT2D eigenvalue weighted by atomic mass is 10.1. The van der Waals surface area contributed by atoms with E-state index >= 15 is 0 Å². The lowest BCUT2D eigenvalue weighted by Crippen LogP contribution is -2.20. The molecule has 2 rings (SSSR count). The van der Waals surface area contributed by atoms with Crippen LogP contribution >= 0.6 is 0 Å². The van der Waals surface area contributed by atoms with Gasteiger partial charge in [0.2, 0.25) is 0 Å². The van der Waals surface area contributed by atoms with Crippen molar-refractivity contribution in [3.05, 3.63) is 53.9 Å². The van der Waals surface area contributed by atoms with Crippen LogP contribution < -0.4 is 0 Å². The maximum absolute atomic E-state index is 8.86. The molecular weight excluding hydrogens is 238 g/mol. The van der Waals surface area contributed by atoms with E-state index in [1.165, 1.54) is 38.5 Å². The number of nitrogens with zero attached hydrogens (tertiary/aromatic N) is 3. The van der Waals surface area contributed by atoms with Gasteiger partial charge in [-0.25, -0.2) is 0 Å². The van der Waals surface area contributed by atoms with Gasteiger partial charge in [-0.1, -0.05) is 30.3 Å². The Kier molecular flexibility index (Phi) is 2.28. The Hall–Kier alpha value is -1.65. The zero-order valence-electron chi connectivity index (χ0n) is 18.8. The molecule has 0 aliphatic rings. The van der Waals surface area contributed by atoms with Gasteiger partial charge in [0.15, 0.2) is 0 Å². The van der Waals surface area contributed by atoms with Gasteiger partial charge in [-0.05, 0) is 25.7 Å². The van der Waals surface area contributed by atoms with Crippen molar-refractivity contribution in [3.63, 3.8) is 0 Å². The first kappa shape index (κ1) is 6.68. The van der Waals surface area contributed by atoms with Gasteiger partial charge in [0.25, 0.3) is 0 Å². The molecule has 4 heteroatoms. The van der Waals surface area contributed by atoms with Crippen LogP contribution in [0.4, 0.5) is 0 Å². The van der Waals surface area contributed by atoms with Crippen LogP contribution in [0.25, 0.3) is 0 Å². The number of likely N-dealkylation sites (N-methyl/N-ethyl adjacent to an activating group) is 1. The van der Waals surface area contributed by atoms with Crippen molar-refractivity contribution >= 4 is 0 Å². The lowest BCUT2D eigenvalue weighted by molar-refractivity contribution is 0.0638. The van der Waals surface area contributed by atoms with Crippen LogP contribution in [-0.4, -0.2) is 41.8 Å². The standard InChI is InChI=1S/C15H21N3O/c1-17(2)11-12-19-15(13-7-5-4-6-8-13)14-9-10-16-18(14)3/h4-10,15H,11-12H2,1-3H3/i3D3,11D2,12D2,15D. The molecule has 1 aromatic heterocycles. The van der Waals surface area contributed by atoms with Crippen molar-refractivity contribution in [2.24, 2.45) is 6.98 Å². The number of hydrogen-bond donors (Lipinski definition) is 0. The molecule has 0 spiro atoms. The van der Waals surface area contributed by atoms with Crippen molar-refractivity contribution in [3.8, 4) is 0 Å². The molecule has 0 fully saturated rings. The fourth-order valence-electron chi connectivity index (χ4n) is 1.49. The van der Waals surface area contributed by atoms with Crippen LogP contribution in [0.15, 0.2) is 42.6 Å². The van der Waals surface area contributed by atoms with Gasteiger partial charge in [-0.2, -0.15) is 5.10 Å². The molecule has 102 valence electrons. The average molecular weight is 267 g/mol. The van der Waals surface area contributed by atoms with Gasteiger partial charge in [0.1, 0.15) is 6.08 Å². The average Bonchev–Trinajstić information content (AvgIpc) is 3.05. The zero-order chi connectivity index (χ0) is 20.7. The Balaban J connectivity index is 2.66. The third-order valence-electron chi connectivity index (χ3n) is 2.33. The normalized spacial score (nSPS) is 22.9. The molecular formula is C15H21N3O. The molecule has 2 aromatic rings. The van der Waals surface area contributed by atoms with E-state index in [9.17, 15) is 0 Å². The number of ether oxygens (including phenoxy) is 1. The number of aryl methyl sites for hydroxylation is 1. The second kappa shape index (κ2) is 6.50. The molecule has 0 saturated heterocycles. The van der Waals surface area contributed by atoms with E-state index < -0.39 is 26.1 Å². The minimum absolute atomic E-state index is 0.134. The maximum Gasteiger partial charge on any atom is 0.124 e. The van der Waals surface area contributed by atoms with Gasteiger partial charge >= 0.3 is 0 Å². The van der Waals surface area contributed by atoms with Gasteiger partial charge in [-0.3, -0.25) is 4.68 Å². The Morgan fingerprint density at radius 1 is 1.42 bits per heavy atom. The summed E-state index contributed by atoms with van der Waals surface area (Å²) in [6.07, 6.45) is -1.19. The highest BCUT2D eigenvalue weighted by Crippen LogP contribution is 2.25. The number of rotatable bonds is 6. The second-order valence-corrected chi connectivity index (χ2v) is 4.03.